The van der Waals surface area contributed by atoms with Crippen molar-refractivity contribution in [2.24, 2.45) is 0 Å². The van der Waals surface area contributed by atoms with Crippen molar-refractivity contribution in [3.05, 3.63) is 59.4 Å². The number of amides is 2. The van der Waals surface area contributed by atoms with Gasteiger partial charge in [0.25, 0.3) is 5.91 Å². The normalized spacial score (nSPS) is 15.4. The smallest absolute Gasteiger partial charge is 0.255 e. The SMILES string of the molecule is COCC(=O)N(Cc1cc(NC(=O)c2cccc(F)c2)ccc1N(C)C)CC1CCCO1. The van der Waals surface area contributed by atoms with Gasteiger partial charge in [-0.05, 0) is 54.8 Å². The van der Waals surface area contributed by atoms with Gasteiger partial charge in [0.05, 0.1) is 6.10 Å². The molecule has 0 aliphatic carbocycles. The number of hydrogen-bond donors (Lipinski definition) is 1. The van der Waals surface area contributed by atoms with Crippen molar-refractivity contribution < 1.29 is 23.5 Å². The fraction of sp³-hybridized carbons (Fsp3) is 0.417. The standard InChI is InChI=1S/C24H30FN3O4/c1-27(2)22-10-9-20(26-24(30)17-6-4-7-19(25)12-17)13-18(22)14-28(23(29)16-31-3)15-21-8-5-11-32-21/h4,6-7,9-10,12-13,21H,5,8,11,14-16H2,1-3H3,(H,26,30). The van der Waals surface area contributed by atoms with Gasteiger partial charge < -0.3 is 24.6 Å². The molecule has 2 aromatic rings. The average Bonchev–Trinajstić information content (AvgIpc) is 3.26. The third-order valence-corrected chi connectivity index (χ3v) is 5.34. The molecule has 1 fully saturated rings. The molecule has 2 aromatic carbocycles. The van der Waals surface area contributed by atoms with Crippen LogP contribution >= 0.6 is 0 Å². The zero-order valence-corrected chi connectivity index (χ0v) is 18.8. The van der Waals surface area contributed by atoms with Crippen molar-refractivity contribution >= 4 is 23.2 Å². The molecule has 1 atom stereocenters. The van der Waals surface area contributed by atoms with E-state index >= 15 is 0 Å². The lowest BCUT2D eigenvalue weighted by molar-refractivity contribution is -0.137. The number of nitrogens with zero attached hydrogens (tertiary/aromatic N) is 2. The minimum atomic E-state index is -0.470. The lowest BCUT2D eigenvalue weighted by Gasteiger charge is -2.28. The summed E-state index contributed by atoms with van der Waals surface area (Å²) < 4.78 is 24.3. The number of halogens is 1. The van der Waals surface area contributed by atoms with E-state index in [1.165, 1.54) is 25.3 Å². The summed E-state index contributed by atoms with van der Waals surface area (Å²) in [7, 11) is 5.34. The summed E-state index contributed by atoms with van der Waals surface area (Å²) in [6.45, 7) is 1.52. The molecule has 2 amide bonds. The molecule has 0 saturated carbocycles. The van der Waals surface area contributed by atoms with Crippen molar-refractivity contribution in [2.45, 2.75) is 25.5 Å². The fourth-order valence-electron chi connectivity index (χ4n) is 3.77. The van der Waals surface area contributed by atoms with Crippen LogP contribution in [0.3, 0.4) is 0 Å². The Balaban J connectivity index is 1.83. The van der Waals surface area contributed by atoms with E-state index in [1.807, 2.05) is 31.1 Å². The van der Waals surface area contributed by atoms with E-state index < -0.39 is 11.7 Å². The van der Waals surface area contributed by atoms with Gasteiger partial charge in [0.1, 0.15) is 12.4 Å². The summed E-state index contributed by atoms with van der Waals surface area (Å²) in [5.41, 5.74) is 2.60. The first kappa shape index (κ1) is 23.7. The fourth-order valence-corrected chi connectivity index (χ4v) is 3.77. The monoisotopic (exact) mass is 443 g/mol. The van der Waals surface area contributed by atoms with Gasteiger partial charge in [-0.1, -0.05) is 6.07 Å². The molecule has 0 aromatic heterocycles. The van der Waals surface area contributed by atoms with Crippen LogP contribution in [0.4, 0.5) is 15.8 Å². The Morgan fingerprint density at radius 3 is 2.69 bits per heavy atom. The van der Waals surface area contributed by atoms with E-state index in [4.69, 9.17) is 9.47 Å². The number of ether oxygens (including phenoxy) is 2. The second kappa shape index (κ2) is 11.1. The van der Waals surface area contributed by atoms with Gasteiger partial charge >= 0.3 is 0 Å². The summed E-state index contributed by atoms with van der Waals surface area (Å²) >= 11 is 0. The Bertz CT molecular complexity index is 945. The van der Waals surface area contributed by atoms with Crippen molar-refractivity contribution in [2.75, 3.05) is 51.2 Å². The first-order valence-electron chi connectivity index (χ1n) is 10.6. The summed E-state index contributed by atoms with van der Waals surface area (Å²) in [6, 6.07) is 11.1. The molecule has 32 heavy (non-hydrogen) atoms. The quantitative estimate of drug-likeness (QED) is 0.644. The van der Waals surface area contributed by atoms with Crippen LogP contribution in [-0.4, -0.2) is 63.8 Å². The molecule has 0 radical (unpaired) electrons. The molecule has 1 aliphatic heterocycles. The first-order chi connectivity index (χ1) is 15.4. The molecule has 1 N–H and O–H groups in total. The Morgan fingerprint density at radius 1 is 1.22 bits per heavy atom. The van der Waals surface area contributed by atoms with Crippen molar-refractivity contribution in [3.63, 3.8) is 0 Å². The number of benzene rings is 2. The molecule has 8 heteroatoms. The molecule has 0 bridgehead atoms. The van der Waals surface area contributed by atoms with Crippen LogP contribution in [0.25, 0.3) is 0 Å². The molecule has 1 unspecified atom stereocenters. The van der Waals surface area contributed by atoms with E-state index in [0.717, 1.165) is 24.1 Å². The Kier molecular flexibility index (Phi) is 8.19. The molecule has 0 spiro atoms. The number of methoxy groups -OCH3 is 1. The minimum absolute atomic E-state index is 0.00877. The Hall–Kier alpha value is -2.97. The molecule has 1 aliphatic rings. The van der Waals surface area contributed by atoms with E-state index in [1.54, 1.807) is 17.0 Å². The summed E-state index contributed by atoms with van der Waals surface area (Å²) in [5, 5.41) is 2.82. The van der Waals surface area contributed by atoms with Crippen LogP contribution in [0.15, 0.2) is 42.5 Å². The van der Waals surface area contributed by atoms with Gasteiger partial charge in [-0.25, -0.2) is 4.39 Å². The second-order valence-electron chi connectivity index (χ2n) is 8.04. The van der Waals surface area contributed by atoms with Crippen molar-refractivity contribution in [3.8, 4) is 0 Å². The predicted octanol–water partition coefficient (Wildman–Crippen LogP) is 3.30. The predicted molar refractivity (Wildman–Crippen MR) is 121 cm³/mol. The maximum atomic E-state index is 13.5. The lowest BCUT2D eigenvalue weighted by Crippen LogP contribution is -2.39. The zero-order valence-electron chi connectivity index (χ0n) is 18.8. The van der Waals surface area contributed by atoms with Crippen LogP contribution in [0, 0.1) is 5.82 Å². The maximum absolute atomic E-state index is 13.5. The third kappa shape index (κ3) is 6.27. The zero-order chi connectivity index (χ0) is 23.1. The van der Waals surface area contributed by atoms with Gasteiger partial charge in [0.2, 0.25) is 5.91 Å². The second-order valence-corrected chi connectivity index (χ2v) is 8.04. The highest BCUT2D eigenvalue weighted by Gasteiger charge is 2.24. The van der Waals surface area contributed by atoms with Gasteiger partial charge in [-0.15, -0.1) is 0 Å². The Labute approximate surface area is 188 Å². The number of carbonyl (C=O) groups is 2. The number of nitrogens with one attached hydrogen (secondary N) is 1. The highest BCUT2D eigenvalue weighted by molar-refractivity contribution is 6.04. The van der Waals surface area contributed by atoms with E-state index in [2.05, 4.69) is 5.32 Å². The van der Waals surface area contributed by atoms with E-state index in [9.17, 15) is 14.0 Å². The molecule has 172 valence electrons. The maximum Gasteiger partial charge on any atom is 0.255 e. The minimum Gasteiger partial charge on any atom is -0.377 e. The summed E-state index contributed by atoms with van der Waals surface area (Å²) in [6.07, 6.45) is 1.91. The summed E-state index contributed by atoms with van der Waals surface area (Å²) in [5.74, 6) is -0.996. The number of carbonyl (C=O) groups excluding carboxylic acids is 2. The van der Waals surface area contributed by atoms with Crippen molar-refractivity contribution in [1.82, 2.24) is 4.90 Å². The molecular weight excluding hydrogens is 413 g/mol. The number of anilines is 2. The van der Waals surface area contributed by atoms with Gasteiger partial charge in [-0.3, -0.25) is 9.59 Å². The van der Waals surface area contributed by atoms with Crippen LogP contribution in [0.5, 0.6) is 0 Å². The first-order valence-corrected chi connectivity index (χ1v) is 10.6. The van der Waals surface area contributed by atoms with Crippen molar-refractivity contribution in [1.29, 1.82) is 0 Å². The van der Waals surface area contributed by atoms with Crippen LogP contribution in [0.1, 0.15) is 28.8 Å². The molecular formula is C24H30FN3O4. The molecule has 7 nitrogen and oxygen atoms in total. The van der Waals surface area contributed by atoms with Gasteiger partial charge in [0, 0.05) is 57.8 Å². The van der Waals surface area contributed by atoms with E-state index in [-0.39, 0.29) is 24.2 Å². The topological polar surface area (TPSA) is 71.1 Å². The summed E-state index contributed by atoms with van der Waals surface area (Å²) in [4.78, 5) is 29.0. The largest absolute Gasteiger partial charge is 0.377 e. The van der Waals surface area contributed by atoms with E-state index in [0.29, 0.717) is 25.4 Å². The molecule has 3 rings (SSSR count). The lowest BCUT2D eigenvalue weighted by atomic mass is 10.1. The highest BCUT2D eigenvalue weighted by atomic mass is 19.1. The van der Waals surface area contributed by atoms with Crippen LogP contribution in [-0.2, 0) is 20.8 Å². The number of hydrogen-bond acceptors (Lipinski definition) is 5. The molecule has 1 heterocycles. The Morgan fingerprint density at radius 2 is 2.03 bits per heavy atom. The third-order valence-electron chi connectivity index (χ3n) is 5.34. The highest BCUT2D eigenvalue weighted by Crippen LogP contribution is 2.26. The van der Waals surface area contributed by atoms with Gasteiger partial charge in [-0.2, -0.15) is 0 Å². The van der Waals surface area contributed by atoms with Crippen LogP contribution < -0.4 is 10.2 Å². The molecule has 1 saturated heterocycles. The average molecular weight is 444 g/mol. The van der Waals surface area contributed by atoms with Gasteiger partial charge in [0.15, 0.2) is 0 Å². The van der Waals surface area contributed by atoms with Crippen LogP contribution in [0.2, 0.25) is 0 Å². The number of rotatable bonds is 9.